The van der Waals surface area contributed by atoms with E-state index in [0.29, 0.717) is 31.1 Å². The molecule has 32 heavy (non-hydrogen) atoms. The highest BCUT2D eigenvalue weighted by Crippen LogP contribution is 2.46. The third kappa shape index (κ3) is 3.78. The van der Waals surface area contributed by atoms with Gasteiger partial charge in [0.2, 0.25) is 10.0 Å². The van der Waals surface area contributed by atoms with Crippen LogP contribution in [0.5, 0.6) is 0 Å². The van der Waals surface area contributed by atoms with Crippen LogP contribution in [0.3, 0.4) is 0 Å². The Morgan fingerprint density at radius 1 is 1.31 bits per heavy atom. The normalized spacial score (nSPS) is 18.1. The second kappa shape index (κ2) is 7.82. The highest BCUT2D eigenvalue weighted by molar-refractivity contribution is 7.89. The minimum Gasteiger partial charge on any atom is -0.352 e. The molecular weight excluding hydrogens is 448 g/mol. The fourth-order valence-corrected chi connectivity index (χ4v) is 6.66. The van der Waals surface area contributed by atoms with E-state index in [1.54, 1.807) is 11.7 Å². The smallest absolute Gasteiger partial charge is 0.264 e. The molecule has 0 aromatic carbocycles. The molecule has 1 aliphatic carbocycles. The standard InChI is InChI=1S/C21H26N6O3S2/c1-14(2)10-25-32(29,30)15-9-17(31-11-15)20(28)27-8-7-26(12-21(27)4-5-21)19-16-3-6-22-18(16)23-13-24-19/h3,6,9,11,13-14,25H,4-5,7-8,10,12H2,1-2H3,(H,22,23,24). The van der Waals surface area contributed by atoms with Gasteiger partial charge in [-0.15, -0.1) is 11.3 Å². The summed E-state index contributed by atoms with van der Waals surface area (Å²) in [5.41, 5.74) is 0.582. The molecule has 3 aromatic heterocycles. The molecule has 1 saturated heterocycles. The number of aromatic amines is 1. The number of nitrogens with one attached hydrogen (secondary N) is 2. The molecule has 0 bridgehead atoms. The van der Waals surface area contributed by atoms with Crippen molar-refractivity contribution in [2.24, 2.45) is 5.92 Å². The first-order valence-electron chi connectivity index (χ1n) is 10.7. The van der Waals surface area contributed by atoms with Gasteiger partial charge >= 0.3 is 0 Å². The van der Waals surface area contributed by atoms with Crippen molar-refractivity contribution in [3.63, 3.8) is 0 Å². The Hall–Kier alpha value is -2.50. The van der Waals surface area contributed by atoms with E-state index in [-0.39, 0.29) is 22.3 Å². The van der Waals surface area contributed by atoms with Crippen LogP contribution >= 0.6 is 11.3 Å². The van der Waals surface area contributed by atoms with E-state index in [1.165, 1.54) is 17.4 Å². The molecule has 1 spiro atoms. The zero-order chi connectivity index (χ0) is 22.5. The average molecular weight is 475 g/mol. The summed E-state index contributed by atoms with van der Waals surface area (Å²) in [6, 6.07) is 3.48. The molecular formula is C21H26N6O3S2. The average Bonchev–Trinajstić information content (AvgIpc) is 3.20. The summed E-state index contributed by atoms with van der Waals surface area (Å²) < 4.78 is 27.6. The van der Waals surface area contributed by atoms with E-state index in [1.807, 2.05) is 31.0 Å². The predicted octanol–water partition coefficient (Wildman–Crippen LogP) is 2.45. The summed E-state index contributed by atoms with van der Waals surface area (Å²) >= 11 is 1.19. The summed E-state index contributed by atoms with van der Waals surface area (Å²) in [7, 11) is -3.61. The third-order valence-corrected chi connectivity index (χ3v) is 8.60. The number of carbonyl (C=O) groups excluding carboxylic acids is 1. The monoisotopic (exact) mass is 474 g/mol. The molecule has 2 N–H and O–H groups in total. The minimum absolute atomic E-state index is 0.0908. The second-order valence-corrected chi connectivity index (χ2v) is 11.6. The van der Waals surface area contributed by atoms with E-state index in [2.05, 4.69) is 24.6 Å². The van der Waals surface area contributed by atoms with Crippen LogP contribution in [0.15, 0.2) is 34.9 Å². The fourth-order valence-electron chi connectivity index (χ4n) is 4.22. The Bertz CT molecular complexity index is 1260. The van der Waals surface area contributed by atoms with Crippen molar-refractivity contribution >= 4 is 44.1 Å². The van der Waals surface area contributed by atoms with E-state index in [0.717, 1.165) is 29.7 Å². The first-order valence-corrected chi connectivity index (χ1v) is 13.1. The molecule has 2 fully saturated rings. The lowest BCUT2D eigenvalue weighted by Crippen LogP contribution is -2.57. The first kappa shape index (κ1) is 21.4. The SMILES string of the molecule is CC(C)CNS(=O)(=O)c1csc(C(=O)N2CCN(c3ncnc4[nH]ccc34)CC23CC3)c1. The zero-order valence-electron chi connectivity index (χ0n) is 18.0. The van der Waals surface area contributed by atoms with Gasteiger partial charge in [0, 0.05) is 37.8 Å². The van der Waals surface area contributed by atoms with Crippen molar-refractivity contribution in [1.29, 1.82) is 0 Å². The van der Waals surface area contributed by atoms with Gasteiger partial charge in [-0.1, -0.05) is 13.8 Å². The van der Waals surface area contributed by atoms with Gasteiger partial charge in [-0.3, -0.25) is 4.79 Å². The van der Waals surface area contributed by atoms with Crippen LogP contribution in [0.25, 0.3) is 11.0 Å². The Balaban J connectivity index is 1.33. The van der Waals surface area contributed by atoms with Gasteiger partial charge < -0.3 is 14.8 Å². The molecule has 1 aliphatic heterocycles. The molecule has 0 unspecified atom stereocenters. The highest BCUT2D eigenvalue weighted by Gasteiger charge is 2.53. The van der Waals surface area contributed by atoms with Crippen LogP contribution in [-0.2, 0) is 10.0 Å². The maximum Gasteiger partial charge on any atom is 0.264 e. The van der Waals surface area contributed by atoms with E-state index >= 15 is 0 Å². The van der Waals surface area contributed by atoms with E-state index in [9.17, 15) is 13.2 Å². The van der Waals surface area contributed by atoms with E-state index in [4.69, 9.17) is 0 Å². The number of piperazine rings is 1. The Morgan fingerprint density at radius 2 is 2.12 bits per heavy atom. The molecule has 4 heterocycles. The molecule has 1 saturated carbocycles. The minimum atomic E-state index is -3.61. The Labute approximate surface area is 190 Å². The van der Waals surface area contributed by atoms with Crippen molar-refractivity contribution in [3.05, 3.63) is 34.9 Å². The number of sulfonamides is 1. The maximum atomic E-state index is 13.3. The lowest BCUT2D eigenvalue weighted by molar-refractivity contribution is 0.0629. The Morgan fingerprint density at radius 3 is 2.88 bits per heavy atom. The largest absolute Gasteiger partial charge is 0.352 e. The predicted molar refractivity (Wildman–Crippen MR) is 123 cm³/mol. The van der Waals surface area contributed by atoms with Gasteiger partial charge in [-0.25, -0.2) is 23.1 Å². The van der Waals surface area contributed by atoms with Crippen LogP contribution in [0.2, 0.25) is 0 Å². The lowest BCUT2D eigenvalue weighted by Gasteiger charge is -2.42. The molecule has 9 nitrogen and oxygen atoms in total. The van der Waals surface area contributed by atoms with Crippen LogP contribution in [0, 0.1) is 5.92 Å². The van der Waals surface area contributed by atoms with Crippen LogP contribution in [-0.4, -0.2) is 65.9 Å². The molecule has 0 radical (unpaired) electrons. The van der Waals surface area contributed by atoms with Crippen molar-refractivity contribution in [2.75, 3.05) is 31.1 Å². The molecule has 0 atom stereocenters. The molecule has 2 aliphatic rings. The zero-order valence-corrected chi connectivity index (χ0v) is 19.7. The molecule has 5 rings (SSSR count). The number of hydrogen-bond acceptors (Lipinski definition) is 7. The van der Waals surface area contributed by atoms with Gasteiger partial charge in [0.15, 0.2) is 0 Å². The Kier molecular flexibility index (Phi) is 5.22. The van der Waals surface area contributed by atoms with Crippen molar-refractivity contribution < 1.29 is 13.2 Å². The molecule has 170 valence electrons. The van der Waals surface area contributed by atoms with Crippen molar-refractivity contribution in [1.82, 2.24) is 24.6 Å². The van der Waals surface area contributed by atoms with Crippen LogP contribution in [0.1, 0.15) is 36.4 Å². The van der Waals surface area contributed by atoms with E-state index < -0.39 is 10.0 Å². The number of thiophene rings is 1. The number of amides is 1. The summed E-state index contributed by atoms with van der Waals surface area (Å²) in [6.07, 6.45) is 5.28. The first-order chi connectivity index (χ1) is 15.3. The quantitative estimate of drug-likeness (QED) is 0.568. The highest BCUT2D eigenvalue weighted by atomic mass is 32.2. The topological polar surface area (TPSA) is 111 Å². The number of fused-ring (bicyclic) bond motifs is 1. The number of rotatable bonds is 6. The van der Waals surface area contributed by atoms with Gasteiger partial charge in [-0.2, -0.15) is 0 Å². The summed E-state index contributed by atoms with van der Waals surface area (Å²) in [5, 5.41) is 2.53. The van der Waals surface area contributed by atoms with Crippen molar-refractivity contribution in [2.45, 2.75) is 37.1 Å². The van der Waals surface area contributed by atoms with Gasteiger partial charge in [-0.05, 0) is 30.9 Å². The summed E-state index contributed by atoms with van der Waals surface area (Å²) in [6.45, 7) is 6.20. The fraction of sp³-hybridized carbons (Fsp3) is 0.476. The second-order valence-electron chi connectivity index (χ2n) is 8.93. The van der Waals surface area contributed by atoms with Crippen molar-refractivity contribution in [3.8, 4) is 0 Å². The molecule has 1 amide bonds. The van der Waals surface area contributed by atoms with Gasteiger partial charge in [0.1, 0.15) is 17.8 Å². The number of anilines is 1. The van der Waals surface area contributed by atoms with Crippen LogP contribution in [0.4, 0.5) is 5.82 Å². The number of carbonyl (C=O) groups is 1. The lowest BCUT2D eigenvalue weighted by atomic mass is 10.1. The number of nitrogens with zero attached hydrogens (tertiary/aromatic N) is 4. The summed E-state index contributed by atoms with van der Waals surface area (Å²) in [4.78, 5) is 30.0. The number of hydrogen-bond donors (Lipinski definition) is 2. The van der Waals surface area contributed by atoms with Gasteiger partial charge in [0.05, 0.1) is 20.7 Å². The molecule has 11 heteroatoms. The third-order valence-electron chi connectivity index (χ3n) is 6.13. The van der Waals surface area contributed by atoms with Crippen LogP contribution < -0.4 is 9.62 Å². The molecule has 3 aromatic rings. The van der Waals surface area contributed by atoms with Gasteiger partial charge in [0.25, 0.3) is 5.91 Å². The number of H-pyrrole nitrogens is 1. The summed E-state index contributed by atoms with van der Waals surface area (Å²) in [5.74, 6) is 1.00. The maximum absolute atomic E-state index is 13.3. The number of aromatic nitrogens is 3.